The average Bonchev–Trinajstić information content (AvgIpc) is 2.42. The van der Waals surface area contributed by atoms with E-state index >= 15 is 0 Å². The second kappa shape index (κ2) is 7.93. The molecule has 2 atom stereocenters. The molecule has 104 valence electrons. The van der Waals surface area contributed by atoms with Gasteiger partial charge in [-0.1, -0.05) is 18.2 Å². The zero-order valence-electron chi connectivity index (χ0n) is 10.7. The first-order chi connectivity index (χ1) is 9.04. The summed E-state index contributed by atoms with van der Waals surface area (Å²) >= 11 is 1.44. The summed E-state index contributed by atoms with van der Waals surface area (Å²) in [7, 11) is 0. The third-order valence-corrected chi connectivity index (χ3v) is 3.54. The fraction of sp³-hybridized carbons (Fsp3) is 0.385. The average molecular weight is 282 g/mol. The summed E-state index contributed by atoms with van der Waals surface area (Å²) in [6, 6.07) is 8.79. The van der Waals surface area contributed by atoms with Crippen molar-refractivity contribution >= 4 is 23.5 Å². The standard InChI is InChI=1S/C13H18N2O3S/c1-9(16)15-11(13(18)12(17)7-14)8-19-10-5-3-2-4-6-10/h2-6,11-12,17H,7-8,14H2,1H3,(H,15,16)/t11-,12?/m0/s1. The summed E-state index contributed by atoms with van der Waals surface area (Å²) in [5.41, 5.74) is 5.26. The van der Waals surface area contributed by atoms with Gasteiger partial charge in [-0.15, -0.1) is 11.8 Å². The minimum absolute atomic E-state index is 0.148. The third-order valence-electron chi connectivity index (χ3n) is 2.43. The molecule has 0 heterocycles. The Kier molecular flexibility index (Phi) is 6.55. The molecule has 0 aromatic heterocycles. The number of Topliss-reactive ketones (excluding diaryl/α,β-unsaturated/α-hetero) is 1. The maximum absolute atomic E-state index is 11.9. The van der Waals surface area contributed by atoms with Crippen molar-refractivity contribution in [2.45, 2.75) is 24.0 Å². The zero-order valence-corrected chi connectivity index (χ0v) is 11.5. The molecule has 0 fully saturated rings. The molecule has 4 N–H and O–H groups in total. The van der Waals surface area contributed by atoms with Crippen molar-refractivity contribution in [1.82, 2.24) is 5.32 Å². The molecule has 0 saturated heterocycles. The van der Waals surface area contributed by atoms with E-state index in [4.69, 9.17) is 5.73 Å². The van der Waals surface area contributed by atoms with Crippen LogP contribution in [0.3, 0.4) is 0 Å². The van der Waals surface area contributed by atoms with Crippen molar-refractivity contribution in [1.29, 1.82) is 0 Å². The lowest BCUT2D eigenvalue weighted by Gasteiger charge is -2.18. The summed E-state index contributed by atoms with van der Waals surface area (Å²) in [6.45, 7) is 1.19. The molecule has 1 aromatic rings. The Bertz CT molecular complexity index is 425. The topological polar surface area (TPSA) is 92.4 Å². The highest BCUT2D eigenvalue weighted by Crippen LogP contribution is 2.18. The SMILES string of the molecule is CC(=O)N[C@@H](CSc1ccccc1)C(=O)C(O)CN. The lowest BCUT2D eigenvalue weighted by molar-refractivity contribution is -0.131. The lowest BCUT2D eigenvalue weighted by Crippen LogP contribution is -2.48. The zero-order chi connectivity index (χ0) is 14.3. The third kappa shape index (κ3) is 5.42. The first-order valence-electron chi connectivity index (χ1n) is 5.91. The van der Waals surface area contributed by atoms with E-state index in [-0.39, 0.29) is 12.5 Å². The second-order valence-electron chi connectivity index (χ2n) is 4.03. The number of nitrogens with one attached hydrogen (secondary N) is 1. The maximum Gasteiger partial charge on any atom is 0.217 e. The Labute approximate surface area is 116 Å². The van der Waals surface area contributed by atoms with Crippen molar-refractivity contribution < 1.29 is 14.7 Å². The number of carbonyl (C=O) groups is 2. The molecular formula is C13H18N2O3S. The van der Waals surface area contributed by atoms with Gasteiger partial charge in [0.25, 0.3) is 0 Å². The van der Waals surface area contributed by atoms with Gasteiger partial charge in [-0.2, -0.15) is 0 Å². The monoisotopic (exact) mass is 282 g/mol. The molecule has 6 heteroatoms. The largest absolute Gasteiger partial charge is 0.384 e. The predicted octanol–water partition coefficient (Wildman–Crippen LogP) is 0.172. The molecule has 0 bridgehead atoms. The Morgan fingerprint density at radius 1 is 1.37 bits per heavy atom. The number of hydrogen-bond acceptors (Lipinski definition) is 5. The van der Waals surface area contributed by atoms with Crippen LogP contribution in [0, 0.1) is 0 Å². The number of hydrogen-bond donors (Lipinski definition) is 3. The van der Waals surface area contributed by atoms with Gasteiger partial charge in [0.05, 0.1) is 6.04 Å². The number of amides is 1. The maximum atomic E-state index is 11.9. The van der Waals surface area contributed by atoms with Gasteiger partial charge in [0.15, 0.2) is 5.78 Å². The Morgan fingerprint density at radius 2 is 2.00 bits per heavy atom. The van der Waals surface area contributed by atoms with Crippen LogP contribution in [0.15, 0.2) is 35.2 Å². The van der Waals surface area contributed by atoms with Gasteiger partial charge in [0.1, 0.15) is 6.10 Å². The lowest BCUT2D eigenvalue weighted by atomic mass is 10.1. The summed E-state index contributed by atoms with van der Waals surface area (Å²) in [4.78, 5) is 24.0. The van der Waals surface area contributed by atoms with Crippen molar-refractivity contribution in [2.24, 2.45) is 5.73 Å². The highest BCUT2D eigenvalue weighted by Gasteiger charge is 2.25. The minimum atomic E-state index is -1.24. The van der Waals surface area contributed by atoms with Crippen LogP contribution >= 0.6 is 11.8 Å². The van der Waals surface area contributed by atoms with E-state index in [1.807, 2.05) is 30.3 Å². The van der Waals surface area contributed by atoms with Gasteiger partial charge in [-0.25, -0.2) is 0 Å². The molecule has 0 spiro atoms. The van der Waals surface area contributed by atoms with Crippen LogP contribution in [0.2, 0.25) is 0 Å². The summed E-state index contributed by atoms with van der Waals surface area (Å²) in [5.74, 6) is -0.406. The molecule has 1 amide bonds. The molecule has 1 rings (SSSR count). The van der Waals surface area contributed by atoms with Crippen molar-refractivity contribution in [3.63, 3.8) is 0 Å². The Hall–Kier alpha value is -1.37. The number of nitrogens with two attached hydrogens (primary N) is 1. The van der Waals surface area contributed by atoms with Crippen molar-refractivity contribution in [2.75, 3.05) is 12.3 Å². The molecule has 1 aromatic carbocycles. The van der Waals surface area contributed by atoms with Crippen molar-refractivity contribution in [3.05, 3.63) is 30.3 Å². The molecular weight excluding hydrogens is 264 g/mol. The molecule has 0 aliphatic carbocycles. The number of rotatable bonds is 7. The van der Waals surface area contributed by atoms with Gasteiger partial charge >= 0.3 is 0 Å². The van der Waals surface area contributed by atoms with E-state index in [9.17, 15) is 14.7 Å². The minimum Gasteiger partial charge on any atom is -0.384 e. The molecule has 1 unspecified atom stereocenters. The van der Waals surface area contributed by atoms with E-state index in [1.165, 1.54) is 18.7 Å². The number of thioether (sulfide) groups is 1. The van der Waals surface area contributed by atoms with Crippen LogP contribution in [0.25, 0.3) is 0 Å². The summed E-state index contributed by atoms with van der Waals surface area (Å²) < 4.78 is 0. The quantitative estimate of drug-likeness (QED) is 0.620. The number of benzene rings is 1. The number of carbonyl (C=O) groups excluding carboxylic acids is 2. The van der Waals surface area contributed by atoms with E-state index in [1.54, 1.807) is 0 Å². The van der Waals surface area contributed by atoms with Crippen LogP contribution in [0.5, 0.6) is 0 Å². The molecule has 19 heavy (non-hydrogen) atoms. The second-order valence-corrected chi connectivity index (χ2v) is 5.12. The first kappa shape index (κ1) is 15.7. The number of aliphatic hydroxyl groups excluding tert-OH is 1. The molecule has 0 saturated carbocycles. The fourth-order valence-electron chi connectivity index (χ4n) is 1.48. The molecule has 0 aliphatic rings. The molecule has 0 radical (unpaired) electrons. The predicted molar refractivity (Wildman–Crippen MR) is 74.8 cm³/mol. The van der Waals surface area contributed by atoms with Crippen LogP contribution in [0.4, 0.5) is 0 Å². The van der Waals surface area contributed by atoms with Crippen LogP contribution in [-0.4, -0.2) is 41.2 Å². The van der Waals surface area contributed by atoms with Crippen LogP contribution in [0.1, 0.15) is 6.92 Å². The van der Waals surface area contributed by atoms with E-state index in [0.29, 0.717) is 5.75 Å². The van der Waals surface area contributed by atoms with Gasteiger partial charge in [0.2, 0.25) is 5.91 Å². The van der Waals surface area contributed by atoms with E-state index in [2.05, 4.69) is 5.32 Å². The summed E-state index contributed by atoms with van der Waals surface area (Å²) in [5, 5.41) is 12.0. The highest BCUT2D eigenvalue weighted by atomic mass is 32.2. The van der Waals surface area contributed by atoms with Crippen LogP contribution in [-0.2, 0) is 9.59 Å². The van der Waals surface area contributed by atoms with E-state index in [0.717, 1.165) is 4.90 Å². The molecule has 0 aliphatic heterocycles. The highest BCUT2D eigenvalue weighted by molar-refractivity contribution is 7.99. The first-order valence-corrected chi connectivity index (χ1v) is 6.90. The normalized spacial score (nSPS) is 13.6. The Balaban J connectivity index is 2.64. The smallest absolute Gasteiger partial charge is 0.217 e. The molecule has 5 nitrogen and oxygen atoms in total. The van der Waals surface area contributed by atoms with Gasteiger partial charge < -0.3 is 16.2 Å². The van der Waals surface area contributed by atoms with Gasteiger partial charge in [0, 0.05) is 24.1 Å². The summed E-state index contributed by atoms with van der Waals surface area (Å²) in [6.07, 6.45) is -1.24. The fourth-order valence-corrected chi connectivity index (χ4v) is 2.44. The van der Waals surface area contributed by atoms with Crippen LogP contribution < -0.4 is 11.1 Å². The van der Waals surface area contributed by atoms with E-state index < -0.39 is 17.9 Å². The van der Waals surface area contributed by atoms with Crippen molar-refractivity contribution in [3.8, 4) is 0 Å². The Morgan fingerprint density at radius 3 is 2.53 bits per heavy atom. The number of ketones is 1. The van der Waals surface area contributed by atoms with Gasteiger partial charge in [-0.3, -0.25) is 9.59 Å². The number of aliphatic hydroxyl groups is 1. The van der Waals surface area contributed by atoms with Gasteiger partial charge in [-0.05, 0) is 12.1 Å².